The van der Waals surface area contributed by atoms with Crippen LogP contribution in [0.25, 0.3) is 0 Å². The van der Waals surface area contributed by atoms with Crippen LogP contribution in [0.2, 0.25) is 10.0 Å². The van der Waals surface area contributed by atoms with Gasteiger partial charge in [-0.25, -0.2) is 8.42 Å². The number of carbonyl (C=O) groups is 2. The summed E-state index contributed by atoms with van der Waals surface area (Å²) in [7, 11) is -1.01. The Balaban J connectivity index is 2.51. The molecule has 0 fully saturated rings. The van der Waals surface area contributed by atoms with Crippen molar-refractivity contribution in [2.75, 3.05) is 31.3 Å². The fourth-order valence-electron chi connectivity index (χ4n) is 3.79. The minimum atomic E-state index is -3.90. The van der Waals surface area contributed by atoms with E-state index in [1.165, 1.54) is 31.3 Å². The second-order valence-corrected chi connectivity index (χ2v) is 11.5. The number of hydrogen-bond donors (Lipinski definition) is 1. The molecular formula is C26H35Cl2N3O6S. The van der Waals surface area contributed by atoms with Gasteiger partial charge < -0.3 is 19.7 Å². The fraction of sp³-hybridized carbons (Fsp3) is 0.462. The first-order chi connectivity index (χ1) is 17.9. The average Bonchev–Trinajstić information content (AvgIpc) is 2.87. The van der Waals surface area contributed by atoms with Gasteiger partial charge in [0.1, 0.15) is 12.6 Å². The minimum Gasteiger partial charge on any atom is -0.493 e. The standard InChI is InChI=1S/C26H35Cl2N3O6S/c1-7-17(3)29-26(33)22(8-2)30(15-18-9-11-20(27)21(28)13-18)25(32)16-31(38(6,34)35)19-10-12-23(36-4)24(14-19)37-5/h9-14,17,22H,7-8,15-16H2,1-6H3,(H,29,33)/t17-,22-/m1/s1. The van der Waals surface area contributed by atoms with E-state index in [4.69, 9.17) is 32.7 Å². The monoisotopic (exact) mass is 587 g/mol. The molecule has 9 nitrogen and oxygen atoms in total. The van der Waals surface area contributed by atoms with Crippen molar-refractivity contribution in [3.8, 4) is 11.5 Å². The Hall–Kier alpha value is -2.69. The van der Waals surface area contributed by atoms with E-state index in [1.807, 2.05) is 13.8 Å². The Labute approximate surface area is 235 Å². The van der Waals surface area contributed by atoms with Crippen LogP contribution in [0.5, 0.6) is 11.5 Å². The van der Waals surface area contributed by atoms with Gasteiger partial charge in [-0.3, -0.25) is 13.9 Å². The summed E-state index contributed by atoms with van der Waals surface area (Å²) in [6, 6.07) is 8.53. The molecule has 0 bridgehead atoms. The third-order valence-electron chi connectivity index (χ3n) is 6.06. The van der Waals surface area contributed by atoms with Gasteiger partial charge in [0, 0.05) is 18.7 Å². The van der Waals surface area contributed by atoms with E-state index < -0.39 is 28.5 Å². The van der Waals surface area contributed by atoms with Gasteiger partial charge in [-0.2, -0.15) is 0 Å². The van der Waals surface area contributed by atoms with Gasteiger partial charge in [0.15, 0.2) is 11.5 Å². The minimum absolute atomic E-state index is 0.0195. The van der Waals surface area contributed by atoms with Gasteiger partial charge in [-0.15, -0.1) is 0 Å². The number of anilines is 1. The quantitative estimate of drug-likeness (QED) is 0.370. The van der Waals surface area contributed by atoms with E-state index in [0.29, 0.717) is 39.9 Å². The molecular weight excluding hydrogens is 553 g/mol. The molecule has 2 aromatic carbocycles. The summed E-state index contributed by atoms with van der Waals surface area (Å²) in [5, 5.41) is 3.58. The molecule has 1 N–H and O–H groups in total. The molecule has 38 heavy (non-hydrogen) atoms. The molecule has 2 aromatic rings. The number of methoxy groups -OCH3 is 2. The number of halogens is 2. The van der Waals surface area contributed by atoms with Crippen LogP contribution in [0.3, 0.4) is 0 Å². The highest BCUT2D eigenvalue weighted by Gasteiger charge is 2.32. The summed E-state index contributed by atoms with van der Waals surface area (Å²) in [6.45, 7) is 5.09. The zero-order valence-electron chi connectivity index (χ0n) is 22.5. The Morgan fingerprint density at radius 3 is 2.16 bits per heavy atom. The normalized spacial score (nSPS) is 12.8. The first-order valence-corrected chi connectivity index (χ1v) is 14.7. The van der Waals surface area contributed by atoms with Gasteiger partial charge in [0.05, 0.1) is 36.2 Å². The van der Waals surface area contributed by atoms with Crippen molar-refractivity contribution >= 4 is 50.7 Å². The van der Waals surface area contributed by atoms with Crippen LogP contribution < -0.4 is 19.1 Å². The Morgan fingerprint density at radius 1 is 0.974 bits per heavy atom. The molecule has 0 radical (unpaired) electrons. The summed E-state index contributed by atoms with van der Waals surface area (Å²) in [4.78, 5) is 28.4. The largest absolute Gasteiger partial charge is 0.493 e. The van der Waals surface area contributed by atoms with Crippen molar-refractivity contribution in [2.45, 2.75) is 52.2 Å². The Morgan fingerprint density at radius 2 is 1.63 bits per heavy atom. The average molecular weight is 589 g/mol. The predicted octanol–water partition coefficient (Wildman–Crippen LogP) is 4.50. The molecule has 0 aliphatic heterocycles. The molecule has 0 aromatic heterocycles. The number of nitrogens with one attached hydrogen (secondary N) is 1. The SMILES string of the molecule is CC[C@@H](C)NC(=O)[C@@H](CC)N(Cc1ccc(Cl)c(Cl)c1)C(=O)CN(c1ccc(OC)c(OC)c1)S(C)(=O)=O. The summed E-state index contributed by atoms with van der Waals surface area (Å²) in [5.41, 5.74) is 0.852. The molecule has 210 valence electrons. The lowest BCUT2D eigenvalue weighted by Crippen LogP contribution is -2.53. The maximum absolute atomic E-state index is 13.8. The second kappa shape index (κ2) is 13.9. The van der Waals surface area contributed by atoms with E-state index >= 15 is 0 Å². The lowest BCUT2D eigenvalue weighted by Gasteiger charge is -2.33. The van der Waals surface area contributed by atoms with Crippen molar-refractivity contribution in [3.05, 3.63) is 52.0 Å². The highest BCUT2D eigenvalue weighted by molar-refractivity contribution is 7.92. The topological polar surface area (TPSA) is 105 Å². The van der Waals surface area contributed by atoms with E-state index in [9.17, 15) is 18.0 Å². The Kier molecular flexibility index (Phi) is 11.5. The zero-order valence-corrected chi connectivity index (χ0v) is 24.8. The number of amides is 2. The summed E-state index contributed by atoms with van der Waals surface area (Å²) in [6.07, 6.45) is 2.03. The van der Waals surface area contributed by atoms with Crippen LogP contribution in [0.15, 0.2) is 36.4 Å². The lowest BCUT2D eigenvalue weighted by molar-refractivity contribution is -0.140. The molecule has 0 unspecified atom stereocenters. The summed E-state index contributed by atoms with van der Waals surface area (Å²) in [5.74, 6) is -0.183. The van der Waals surface area contributed by atoms with Crippen LogP contribution >= 0.6 is 23.2 Å². The van der Waals surface area contributed by atoms with Crippen molar-refractivity contribution in [2.24, 2.45) is 0 Å². The second-order valence-electron chi connectivity index (χ2n) is 8.82. The van der Waals surface area contributed by atoms with Crippen molar-refractivity contribution in [1.82, 2.24) is 10.2 Å². The van der Waals surface area contributed by atoms with Gasteiger partial charge in [-0.05, 0) is 49.6 Å². The van der Waals surface area contributed by atoms with Gasteiger partial charge in [0.25, 0.3) is 0 Å². The molecule has 0 spiro atoms. The number of benzene rings is 2. The van der Waals surface area contributed by atoms with Gasteiger partial charge >= 0.3 is 0 Å². The van der Waals surface area contributed by atoms with Crippen LogP contribution in [0, 0.1) is 0 Å². The maximum Gasteiger partial charge on any atom is 0.244 e. The van der Waals surface area contributed by atoms with Crippen molar-refractivity contribution in [3.63, 3.8) is 0 Å². The molecule has 2 atom stereocenters. The fourth-order valence-corrected chi connectivity index (χ4v) is 4.95. The number of rotatable bonds is 13. The van der Waals surface area contributed by atoms with Crippen LogP contribution in [-0.2, 0) is 26.2 Å². The Bertz CT molecular complexity index is 1240. The molecule has 12 heteroatoms. The van der Waals surface area contributed by atoms with Crippen molar-refractivity contribution < 1.29 is 27.5 Å². The molecule has 2 rings (SSSR count). The number of ether oxygens (including phenoxy) is 2. The third kappa shape index (κ3) is 8.15. The number of sulfonamides is 1. The van der Waals surface area contributed by atoms with E-state index in [1.54, 1.807) is 31.2 Å². The van der Waals surface area contributed by atoms with Crippen molar-refractivity contribution in [1.29, 1.82) is 0 Å². The first-order valence-electron chi connectivity index (χ1n) is 12.1. The number of hydrogen-bond acceptors (Lipinski definition) is 6. The summed E-state index contributed by atoms with van der Waals surface area (Å²) >= 11 is 12.3. The highest BCUT2D eigenvalue weighted by Crippen LogP contribution is 2.32. The molecule has 0 aliphatic rings. The van der Waals surface area contributed by atoms with Crippen LogP contribution in [0.1, 0.15) is 39.2 Å². The van der Waals surface area contributed by atoms with E-state index in [0.717, 1.165) is 10.6 Å². The maximum atomic E-state index is 13.8. The lowest BCUT2D eigenvalue weighted by atomic mass is 10.1. The van der Waals surface area contributed by atoms with Gasteiger partial charge in [0.2, 0.25) is 21.8 Å². The number of nitrogens with zero attached hydrogens (tertiary/aromatic N) is 2. The zero-order chi connectivity index (χ0) is 28.6. The molecule has 0 heterocycles. The molecule has 2 amide bonds. The van der Waals surface area contributed by atoms with E-state index in [-0.39, 0.29) is 24.2 Å². The molecule has 0 saturated carbocycles. The molecule has 0 saturated heterocycles. The van der Waals surface area contributed by atoms with Gasteiger partial charge in [-0.1, -0.05) is 43.1 Å². The highest BCUT2D eigenvalue weighted by atomic mass is 35.5. The van der Waals surface area contributed by atoms with E-state index in [2.05, 4.69) is 5.32 Å². The predicted molar refractivity (Wildman–Crippen MR) is 151 cm³/mol. The first kappa shape index (κ1) is 31.5. The molecule has 0 aliphatic carbocycles. The number of carbonyl (C=O) groups excluding carboxylic acids is 2. The van der Waals surface area contributed by atoms with Crippen LogP contribution in [-0.4, -0.2) is 64.2 Å². The smallest absolute Gasteiger partial charge is 0.244 e. The summed E-state index contributed by atoms with van der Waals surface area (Å²) < 4.78 is 37.1. The third-order valence-corrected chi connectivity index (χ3v) is 7.94. The van der Waals surface area contributed by atoms with Crippen LogP contribution in [0.4, 0.5) is 5.69 Å².